The minimum absolute atomic E-state index is 0.748. The molecule has 106 valence electrons. The fraction of sp³-hybridized carbons (Fsp3) is 0.800. The summed E-state index contributed by atoms with van der Waals surface area (Å²) in [5, 5.41) is 3.70. The van der Waals surface area contributed by atoms with Crippen LogP contribution in [0.5, 0.6) is 0 Å². The molecule has 1 saturated heterocycles. The van der Waals surface area contributed by atoms with Crippen LogP contribution in [-0.4, -0.2) is 46.2 Å². The van der Waals surface area contributed by atoms with Gasteiger partial charge in [-0.3, -0.25) is 4.90 Å². The quantitative estimate of drug-likeness (QED) is 0.848. The van der Waals surface area contributed by atoms with Crippen molar-refractivity contribution in [3.8, 4) is 0 Å². The molecule has 0 aromatic carbocycles. The van der Waals surface area contributed by atoms with Gasteiger partial charge in [-0.25, -0.2) is 4.98 Å². The zero-order valence-corrected chi connectivity index (χ0v) is 12.0. The maximum atomic E-state index is 4.30. The Balaban J connectivity index is 1.49. The largest absolute Gasteiger partial charge is 0.334 e. The van der Waals surface area contributed by atoms with Crippen molar-refractivity contribution in [1.29, 1.82) is 0 Å². The molecule has 1 unspecified atom stereocenters. The van der Waals surface area contributed by atoms with E-state index >= 15 is 0 Å². The second-order valence-corrected chi connectivity index (χ2v) is 6.04. The van der Waals surface area contributed by atoms with E-state index in [1.54, 1.807) is 0 Å². The number of aryl methyl sites for hydroxylation is 1. The average Bonchev–Trinajstić information content (AvgIpc) is 3.17. The first-order chi connectivity index (χ1) is 9.33. The van der Waals surface area contributed by atoms with E-state index in [1.165, 1.54) is 45.2 Å². The zero-order chi connectivity index (χ0) is 13.1. The van der Waals surface area contributed by atoms with Crippen molar-refractivity contribution in [2.24, 2.45) is 0 Å². The summed E-state index contributed by atoms with van der Waals surface area (Å²) in [6, 6.07) is 1.58. The van der Waals surface area contributed by atoms with Gasteiger partial charge in [-0.1, -0.05) is 6.42 Å². The summed E-state index contributed by atoms with van der Waals surface area (Å²) >= 11 is 0. The molecule has 0 bridgehead atoms. The second kappa shape index (κ2) is 6.06. The van der Waals surface area contributed by atoms with Crippen LogP contribution < -0.4 is 5.32 Å². The van der Waals surface area contributed by atoms with Crippen LogP contribution >= 0.6 is 0 Å². The van der Waals surface area contributed by atoms with Crippen LogP contribution in [0.25, 0.3) is 0 Å². The second-order valence-electron chi connectivity index (χ2n) is 6.04. The first-order valence-corrected chi connectivity index (χ1v) is 7.78. The van der Waals surface area contributed by atoms with Gasteiger partial charge in [0, 0.05) is 44.1 Å². The van der Waals surface area contributed by atoms with Crippen molar-refractivity contribution < 1.29 is 0 Å². The van der Waals surface area contributed by atoms with Crippen LogP contribution in [0.15, 0.2) is 12.4 Å². The predicted octanol–water partition coefficient (Wildman–Crippen LogP) is 1.80. The highest BCUT2D eigenvalue weighted by Gasteiger charge is 2.26. The van der Waals surface area contributed by atoms with Crippen molar-refractivity contribution in [2.75, 3.05) is 19.6 Å². The summed E-state index contributed by atoms with van der Waals surface area (Å²) < 4.78 is 2.26. The van der Waals surface area contributed by atoms with Gasteiger partial charge in [0.1, 0.15) is 5.82 Å². The molecule has 1 aliphatic carbocycles. The van der Waals surface area contributed by atoms with Crippen LogP contribution in [0.1, 0.15) is 37.9 Å². The Morgan fingerprint density at radius 3 is 2.89 bits per heavy atom. The molecule has 3 rings (SSSR count). The van der Waals surface area contributed by atoms with Crippen molar-refractivity contribution in [3.05, 3.63) is 18.2 Å². The maximum absolute atomic E-state index is 4.30. The number of likely N-dealkylation sites (tertiary alicyclic amines) is 1. The smallest absolute Gasteiger partial charge is 0.105 e. The lowest BCUT2D eigenvalue weighted by molar-refractivity contribution is 0.140. The molecule has 4 heteroatoms. The third-order valence-corrected chi connectivity index (χ3v) is 4.52. The zero-order valence-electron chi connectivity index (χ0n) is 12.0. The Kier molecular flexibility index (Phi) is 4.18. The van der Waals surface area contributed by atoms with Crippen molar-refractivity contribution in [3.63, 3.8) is 0 Å². The van der Waals surface area contributed by atoms with Gasteiger partial charge < -0.3 is 9.88 Å². The lowest BCUT2D eigenvalue weighted by Crippen LogP contribution is -2.47. The number of nitrogens with one attached hydrogen (secondary N) is 1. The highest BCUT2D eigenvalue weighted by Crippen LogP contribution is 2.21. The van der Waals surface area contributed by atoms with Gasteiger partial charge in [0.25, 0.3) is 0 Å². The molecule has 1 aromatic rings. The summed E-state index contributed by atoms with van der Waals surface area (Å²) in [6.07, 6.45) is 10.9. The fourth-order valence-corrected chi connectivity index (χ4v) is 3.05. The monoisotopic (exact) mass is 262 g/mol. The first kappa shape index (κ1) is 13.1. The van der Waals surface area contributed by atoms with E-state index < -0.39 is 0 Å². The normalized spacial score (nSPS) is 24.8. The number of piperidine rings is 1. The SMILES string of the molecule is Cc1nccn1CCN1CCCCC1CNC1CC1. The van der Waals surface area contributed by atoms with Gasteiger partial charge >= 0.3 is 0 Å². The Morgan fingerprint density at radius 1 is 1.26 bits per heavy atom. The molecule has 0 amide bonds. The standard InChI is InChI=1S/C15H26N4/c1-13-16-7-9-18(13)10-11-19-8-3-2-4-15(19)12-17-14-5-6-14/h7,9,14-15,17H,2-6,8,10-12H2,1H3. The number of hydrogen-bond acceptors (Lipinski definition) is 3. The van der Waals surface area contributed by atoms with Gasteiger partial charge in [-0.15, -0.1) is 0 Å². The molecular weight excluding hydrogens is 236 g/mol. The van der Waals surface area contributed by atoms with Crippen LogP contribution in [-0.2, 0) is 6.54 Å². The van der Waals surface area contributed by atoms with Crippen LogP contribution in [0.3, 0.4) is 0 Å². The topological polar surface area (TPSA) is 33.1 Å². The van der Waals surface area contributed by atoms with Crippen molar-refractivity contribution in [2.45, 2.75) is 57.7 Å². The van der Waals surface area contributed by atoms with Gasteiger partial charge in [-0.2, -0.15) is 0 Å². The Morgan fingerprint density at radius 2 is 2.16 bits per heavy atom. The molecule has 1 atom stereocenters. The summed E-state index contributed by atoms with van der Waals surface area (Å²) in [5.74, 6) is 1.13. The highest BCUT2D eigenvalue weighted by atomic mass is 15.2. The number of aromatic nitrogens is 2. The minimum Gasteiger partial charge on any atom is -0.334 e. The minimum atomic E-state index is 0.748. The molecular formula is C15H26N4. The van der Waals surface area contributed by atoms with Crippen LogP contribution in [0.2, 0.25) is 0 Å². The maximum Gasteiger partial charge on any atom is 0.105 e. The molecule has 2 fully saturated rings. The Labute approximate surface area is 116 Å². The van der Waals surface area contributed by atoms with Gasteiger partial charge in [0.15, 0.2) is 0 Å². The Hall–Kier alpha value is -0.870. The molecule has 1 aliphatic heterocycles. The van der Waals surface area contributed by atoms with E-state index in [1.807, 2.05) is 6.20 Å². The van der Waals surface area contributed by atoms with E-state index in [0.717, 1.165) is 31.0 Å². The van der Waals surface area contributed by atoms with E-state index in [0.29, 0.717) is 0 Å². The number of imidazole rings is 1. The molecule has 1 saturated carbocycles. The highest BCUT2D eigenvalue weighted by molar-refractivity contribution is 4.90. The molecule has 2 heterocycles. The molecule has 4 nitrogen and oxygen atoms in total. The molecule has 2 aliphatic rings. The van der Waals surface area contributed by atoms with Crippen LogP contribution in [0.4, 0.5) is 0 Å². The Bertz CT molecular complexity index is 397. The van der Waals surface area contributed by atoms with E-state index in [4.69, 9.17) is 0 Å². The molecule has 0 spiro atoms. The molecule has 0 radical (unpaired) electrons. The average molecular weight is 262 g/mol. The summed E-state index contributed by atoms with van der Waals surface area (Å²) in [7, 11) is 0. The fourth-order valence-electron chi connectivity index (χ4n) is 3.05. The number of rotatable bonds is 6. The summed E-state index contributed by atoms with van der Waals surface area (Å²) in [6.45, 7) is 6.78. The van der Waals surface area contributed by atoms with E-state index in [9.17, 15) is 0 Å². The molecule has 19 heavy (non-hydrogen) atoms. The summed E-state index contributed by atoms with van der Waals surface area (Å²) in [5.41, 5.74) is 0. The van der Waals surface area contributed by atoms with Crippen molar-refractivity contribution >= 4 is 0 Å². The number of nitrogens with zero attached hydrogens (tertiary/aromatic N) is 3. The van der Waals surface area contributed by atoms with Crippen molar-refractivity contribution in [1.82, 2.24) is 19.8 Å². The van der Waals surface area contributed by atoms with Gasteiger partial charge in [-0.05, 0) is 39.2 Å². The summed E-state index contributed by atoms with van der Waals surface area (Å²) in [4.78, 5) is 6.98. The van der Waals surface area contributed by atoms with E-state index in [-0.39, 0.29) is 0 Å². The molecule has 1 aromatic heterocycles. The lowest BCUT2D eigenvalue weighted by atomic mass is 10.0. The lowest BCUT2D eigenvalue weighted by Gasteiger charge is -2.36. The van der Waals surface area contributed by atoms with E-state index in [2.05, 4.69) is 32.9 Å². The van der Waals surface area contributed by atoms with Gasteiger partial charge in [0.2, 0.25) is 0 Å². The van der Waals surface area contributed by atoms with Gasteiger partial charge in [0.05, 0.1) is 0 Å². The number of hydrogen-bond donors (Lipinski definition) is 1. The molecule has 1 N–H and O–H groups in total. The predicted molar refractivity (Wildman–Crippen MR) is 77.2 cm³/mol. The third kappa shape index (κ3) is 3.57. The third-order valence-electron chi connectivity index (χ3n) is 4.52. The van der Waals surface area contributed by atoms with Crippen LogP contribution in [0, 0.1) is 6.92 Å². The first-order valence-electron chi connectivity index (χ1n) is 7.78.